The van der Waals surface area contributed by atoms with Crippen LogP contribution in [0.25, 0.3) is 0 Å². The molecule has 0 bridgehead atoms. The van der Waals surface area contributed by atoms with Gasteiger partial charge in [0.25, 0.3) is 0 Å². The molecule has 0 radical (unpaired) electrons. The topological polar surface area (TPSA) is 73.2 Å². The van der Waals surface area contributed by atoms with Crippen LogP contribution in [0.15, 0.2) is 29.2 Å². The third-order valence-electron chi connectivity index (χ3n) is 3.03. The molecule has 0 aliphatic carbocycles. The lowest BCUT2D eigenvalue weighted by Crippen LogP contribution is -2.52. The van der Waals surface area contributed by atoms with Gasteiger partial charge >= 0.3 is 0 Å². The Morgan fingerprint density at radius 3 is 2.61 bits per heavy atom. The fraction of sp³-hybridized carbons (Fsp3) is 0.417. The normalized spacial score (nSPS) is 21.4. The molecule has 1 aromatic rings. The van der Waals surface area contributed by atoms with Crippen molar-refractivity contribution < 1.29 is 8.42 Å². The van der Waals surface area contributed by atoms with Gasteiger partial charge in [-0.15, -0.1) is 0 Å². The molecular formula is C12H15N3O2S. The number of nitrogens with zero attached hydrogens (tertiary/aromatic N) is 2. The zero-order chi connectivity index (χ0) is 13.2. The summed E-state index contributed by atoms with van der Waals surface area (Å²) in [4.78, 5) is 0.246. The second kappa shape index (κ2) is 5.06. The second-order valence-electron chi connectivity index (χ2n) is 4.31. The maximum Gasteiger partial charge on any atom is 0.243 e. The Morgan fingerprint density at radius 1 is 1.39 bits per heavy atom. The van der Waals surface area contributed by atoms with E-state index in [2.05, 4.69) is 5.32 Å². The van der Waals surface area contributed by atoms with Crippen molar-refractivity contribution in [3.63, 3.8) is 0 Å². The van der Waals surface area contributed by atoms with Gasteiger partial charge in [-0.1, -0.05) is 0 Å². The lowest BCUT2D eigenvalue weighted by molar-refractivity contribution is 0.284. The molecular weight excluding hydrogens is 250 g/mol. The molecule has 1 unspecified atom stereocenters. The van der Waals surface area contributed by atoms with E-state index in [0.29, 0.717) is 25.2 Å². The summed E-state index contributed by atoms with van der Waals surface area (Å²) in [6.45, 7) is 3.69. The Balaban J connectivity index is 2.32. The van der Waals surface area contributed by atoms with Crippen LogP contribution in [0.2, 0.25) is 0 Å². The van der Waals surface area contributed by atoms with Crippen molar-refractivity contribution in [1.82, 2.24) is 9.62 Å². The molecule has 0 amide bonds. The molecule has 0 aromatic heterocycles. The number of hydrogen-bond donors (Lipinski definition) is 1. The fourth-order valence-corrected chi connectivity index (χ4v) is 3.65. The first kappa shape index (κ1) is 13.0. The third-order valence-corrected chi connectivity index (χ3v) is 5.06. The zero-order valence-corrected chi connectivity index (χ0v) is 10.9. The van der Waals surface area contributed by atoms with E-state index >= 15 is 0 Å². The molecule has 2 rings (SSSR count). The highest BCUT2D eigenvalue weighted by Gasteiger charge is 2.30. The number of nitriles is 1. The van der Waals surface area contributed by atoms with Crippen LogP contribution in [0.4, 0.5) is 0 Å². The van der Waals surface area contributed by atoms with Crippen LogP contribution in [-0.4, -0.2) is 38.4 Å². The first-order chi connectivity index (χ1) is 8.55. The minimum absolute atomic E-state index is 0.0561. The molecule has 1 aliphatic rings. The maximum absolute atomic E-state index is 12.4. The minimum atomic E-state index is -3.45. The predicted molar refractivity (Wildman–Crippen MR) is 67.4 cm³/mol. The van der Waals surface area contributed by atoms with Crippen LogP contribution >= 0.6 is 0 Å². The highest BCUT2D eigenvalue weighted by atomic mass is 32.2. The summed E-state index contributed by atoms with van der Waals surface area (Å²) in [5.41, 5.74) is 0.460. The van der Waals surface area contributed by atoms with Gasteiger partial charge in [0.15, 0.2) is 0 Å². The van der Waals surface area contributed by atoms with Crippen LogP contribution < -0.4 is 5.32 Å². The molecule has 5 nitrogen and oxygen atoms in total. The van der Waals surface area contributed by atoms with Crippen LogP contribution in [-0.2, 0) is 10.0 Å². The van der Waals surface area contributed by atoms with E-state index in [0.717, 1.165) is 0 Å². The Hall–Kier alpha value is -1.42. The third kappa shape index (κ3) is 2.38. The SMILES string of the molecule is CC1CNCCN1S(=O)(=O)c1ccc(C#N)cc1. The minimum Gasteiger partial charge on any atom is -0.314 e. The van der Waals surface area contributed by atoms with Crippen molar-refractivity contribution in [2.75, 3.05) is 19.6 Å². The molecule has 0 saturated carbocycles. The predicted octanol–water partition coefficient (Wildman–Crippen LogP) is 0.541. The zero-order valence-electron chi connectivity index (χ0n) is 10.1. The number of sulfonamides is 1. The van der Waals surface area contributed by atoms with E-state index in [1.54, 1.807) is 0 Å². The maximum atomic E-state index is 12.4. The molecule has 0 spiro atoms. The molecule has 1 aromatic carbocycles. The van der Waals surface area contributed by atoms with E-state index in [9.17, 15) is 8.42 Å². The Kier molecular flexibility index (Phi) is 3.66. The van der Waals surface area contributed by atoms with Gasteiger partial charge in [0.2, 0.25) is 10.0 Å². The highest BCUT2D eigenvalue weighted by Crippen LogP contribution is 2.19. The number of hydrogen-bond acceptors (Lipinski definition) is 4. The summed E-state index contributed by atoms with van der Waals surface area (Å²) < 4.78 is 26.3. The van der Waals surface area contributed by atoms with Gasteiger partial charge in [0.1, 0.15) is 0 Å². The molecule has 1 atom stereocenters. The standard InChI is InChI=1S/C12H15N3O2S/c1-10-9-14-6-7-15(10)18(16,17)12-4-2-11(8-13)3-5-12/h2-5,10,14H,6-7,9H2,1H3. The monoisotopic (exact) mass is 265 g/mol. The van der Waals surface area contributed by atoms with Gasteiger partial charge in [-0.2, -0.15) is 9.57 Å². The van der Waals surface area contributed by atoms with Crippen molar-refractivity contribution in [2.24, 2.45) is 0 Å². The molecule has 1 aliphatic heterocycles. The van der Waals surface area contributed by atoms with Gasteiger partial charge in [0, 0.05) is 25.7 Å². The van der Waals surface area contributed by atoms with Crippen LogP contribution in [0.1, 0.15) is 12.5 Å². The summed E-state index contributed by atoms with van der Waals surface area (Å²) in [6, 6.07) is 7.95. The molecule has 1 saturated heterocycles. The van der Waals surface area contributed by atoms with Crippen molar-refractivity contribution in [3.8, 4) is 6.07 Å². The summed E-state index contributed by atoms with van der Waals surface area (Å²) in [6.07, 6.45) is 0. The largest absolute Gasteiger partial charge is 0.314 e. The van der Waals surface area contributed by atoms with Crippen molar-refractivity contribution in [2.45, 2.75) is 17.9 Å². The van der Waals surface area contributed by atoms with Crippen LogP contribution in [0, 0.1) is 11.3 Å². The van der Waals surface area contributed by atoms with Gasteiger partial charge in [0.05, 0.1) is 16.5 Å². The quantitative estimate of drug-likeness (QED) is 0.847. The van der Waals surface area contributed by atoms with E-state index < -0.39 is 10.0 Å². The average molecular weight is 265 g/mol. The van der Waals surface area contributed by atoms with Crippen LogP contribution in [0.5, 0.6) is 0 Å². The summed E-state index contributed by atoms with van der Waals surface area (Å²) >= 11 is 0. The Bertz CT molecular complexity index is 560. The van der Waals surface area contributed by atoms with Gasteiger partial charge in [-0.25, -0.2) is 8.42 Å². The average Bonchev–Trinajstić information content (AvgIpc) is 2.39. The van der Waals surface area contributed by atoms with Gasteiger partial charge in [-0.3, -0.25) is 0 Å². The molecule has 18 heavy (non-hydrogen) atoms. The summed E-state index contributed by atoms with van der Waals surface area (Å²) in [5.74, 6) is 0. The van der Waals surface area contributed by atoms with E-state index in [1.807, 2.05) is 13.0 Å². The highest BCUT2D eigenvalue weighted by molar-refractivity contribution is 7.89. The van der Waals surface area contributed by atoms with E-state index in [1.165, 1.54) is 28.6 Å². The Labute approximate surface area is 107 Å². The number of piperazine rings is 1. The summed E-state index contributed by atoms with van der Waals surface area (Å²) in [5, 5.41) is 11.9. The van der Waals surface area contributed by atoms with Gasteiger partial charge in [-0.05, 0) is 31.2 Å². The fourth-order valence-electron chi connectivity index (χ4n) is 2.02. The first-order valence-corrected chi connectivity index (χ1v) is 7.22. The lowest BCUT2D eigenvalue weighted by Gasteiger charge is -2.32. The Morgan fingerprint density at radius 2 is 2.06 bits per heavy atom. The number of rotatable bonds is 2. The number of benzene rings is 1. The smallest absolute Gasteiger partial charge is 0.243 e. The summed E-state index contributed by atoms with van der Waals surface area (Å²) in [7, 11) is -3.45. The van der Waals surface area contributed by atoms with E-state index in [4.69, 9.17) is 5.26 Å². The molecule has 6 heteroatoms. The van der Waals surface area contributed by atoms with Crippen molar-refractivity contribution in [3.05, 3.63) is 29.8 Å². The van der Waals surface area contributed by atoms with Crippen LogP contribution in [0.3, 0.4) is 0 Å². The molecule has 1 fully saturated rings. The first-order valence-electron chi connectivity index (χ1n) is 5.78. The molecule has 96 valence electrons. The van der Waals surface area contributed by atoms with Gasteiger partial charge < -0.3 is 5.32 Å². The van der Waals surface area contributed by atoms with Crippen molar-refractivity contribution >= 4 is 10.0 Å². The van der Waals surface area contributed by atoms with E-state index in [-0.39, 0.29) is 10.9 Å². The van der Waals surface area contributed by atoms with Crippen molar-refractivity contribution in [1.29, 1.82) is 5.26 Å². The molecule has 1 N–H and O–H groups in total. The lowest BCUT2D eigenvalue weighted by atomic mass is 10.2. The second-order valence-corrected chi connectivity index (χ2v) is 6.20. The molecule has 1 heterocycles. The number of nitrogens with one attached hydrogen (secondary N) is 1.